The molecule has 1 heterocycles. The summed E-state index contributed by atoms with van der Waals surface area (Å²) in [4.78, 5) is 9.22. The molecule has 5 heteroatoms. The molecule has 1 atom stereocenters. The first-order chi connectivity index (χ1) is 9.86. The SMILES string of the molecule is CCCNc1cc(NCC(C)CCO)nc(C(C)(C)C)n1. The molecule has 0 aliphatic rings. The molecule has 0 amide bonds. The van der Waals surface area contributed by atoms with E-state index in [2.05, 4.69) is 55.2 Å². The number of aromatic nitrogens is 2. The summed E-state index contributed by atoms with van der Waals surface area (Å²) in [5, 5.41) is 15.6. The molecule has 0 fully saturated rings. The second-order valence-corrected chi connectivity index (χ2v) is 6.64. The highest BCUT2D eigenvalue weighted by molar-refractivity contribution is 5.48. The first-order valence-corrected chi connectivity index (χ1v) is 7.85. The topological polar surface area (TPSA) is 70.1 Å². The van der Waals surface area contributed by atoms with Crippen LogP contribution in [0.2, 0.25) is 0 Å². The first kappa shape index (κ1) is 17.7. The summed E-state index contributed by atoms with van der Waals surface area (Å²) in [6.07, 6.45) is 1.86. The van der Waals surface area contributed by atoms with E-state index in [0.717, 1.165) is 43.4 Å². The molecule has 120 valence electrons. The Kier molecular flexibility index (Phi) is 6.89. The predicted molar refractivity (Wildman–Crippen MR) is 88.9 cm³/mol. The van der Waals surface area contributed by atoms with Gasteiger partial charge in [0.2, 0.25) is 0 Å². The monoisotopic (exact) mass is 294 g/mol. The van der Waals surface area contributed by atoms with Gasteiger partial charge in [0.15, 0.2) is 0 Å². The van der Waals surface area contributed by atoms with E-state index < -0.39 is 0 Å². The Morgan fingerprint density at radius 2 is 1.81 bits per heavy atom. The number of anilines is 2. The Bertz CT molecular complexity index is 429. The van der Waals surface area contributed by atoms with Crippen LogP contribution in [0.1, 0.15) is 53.3 Å². The van der Waals surface area contributed by atoms with Gasteiger partial charge in [0, 0.05) is 31.2 Å². The molecular weight excluding hydrogens is 264 g/mol. The van der Waals surface area contributed by atoms with Crippen LogP contribution >= 0.6 is 0 Å². The number of aliphatic hydroxyl groups excluding tert-OH is 1. The lowest BCUT2D eigenvalue weighted by Crippen LogP contribution is -2.20. The van der Waals surface area contributed by atoms with Crippen molar-refractivity contribution in [3.8, 4) is 0 Å². The average Bonchev–Trinajstić information content (AvgIpc) is 2.42. The molecule has 0 bridgehead atoms. The molecule has 3 N–H and O–H groups in total. The van der Waals surface area contributed by atoms with Gasteiger partial charge in [-0.25, -0.2) is 9.97 Å². The van der Waals surface area contributed by atoms with Gasteiger partial charge in [-0.1, -0.05) is 34.6 Å². The predicted octanol–water partition coefficient (Wildman–Crippen LogP) is 3.03. The van der Waals surface area contributed by atoms with Crippen LogP contribution in [0.5, 0.6) is 0 Å². The van der Waals surface area contributed by atoms with Crippen LogP contribution in [0, 0.1) is 5.92 Å². The summed E-state index contributed by atoms with van der Waals surface area (Å²) >= 11 is 0. The molecule has 0 spiro atoms. The van der Waals surface area contributed by atoms with E-state index in [4.69, 9.17) is 5.11 Å². The van der Waals surface area contributed by atoms with Crippen LogP contribution in [0.25, 0.3) is 0 Å². The molecule has 0 aromatic carbocycles. The lowest BCUT2D eigenvalue weighted by molar-refractivity contribution is 0.266. The molecule has 21 heavy (non-hydrogen) atoms. The fraction of sp³-hybridized carbons (Fsp3) is 0.750. The minimum Gasteiger partial charge on any atom is -0.396 e. The van der Waals surface area contributed by atoms with Gasteiger partial charge >= 0.3 is 0 Å². The third-order valence-corrected chi connectivity index (χ3v) is 3.21. The normalized spacial score (nSPS) is 13.0. The molecular formula is C16H30N4O. The minimum absolute atomic E-state index is 0.0863. The fourth-order valence-electron chi connectivity index (χ4n) is 1.82. The van der Waals surface area contributed by atoms with Crippen LogP contribution in [0.4, 0.5) is 11.6 Å². The largest absolute Gasteiger partial charge is 0.396 e. The van der Waals surface area contributed by atoms with Crippen molar-refractivity contribution in [2.75, 3.05) is 30.3 Å². The average molecular weight is 294 g/mol. The zero-order chi connectivity index (χ0) is 15.9. The fourth-order valence-corrected chi connectivity index (χ4v) is 1.82. The Labute approximate surface area is 128 Å². The third-order valence-electron chi connectivity index (χ3n) is 3.21. The molecule has 1 aromatic heterocycles. The molecule has 0 aliphatic heterocycles. The summed E-state index contributed by atoms with van der Waals surface area (Å²) in [6.45, 7) is 12.5. The van der Waals surface area contributed by atoms with Crippen molar-refractivity contribution in [1.29, 1.82) is 0 Å². The molecule has 0 radical (unpaired) electrons. The highest BCUT2D eigenvalue weighted by atomic mass is 16.3. The van der Waals surface area contributed by atoms with E-state index in [9.17, 15) is 0 Å². The van der Waals surface area contributed by atoms with Crippen molar-refractivity contribution in [2.45, 2.75) is 52.9 Å². The van der Waals surface area contributed by atoms with Crippen LogP contribution in [0.15, 0.2) is 6.07 Å². The van der Waals surface area contributed by atoms with E-state index in [1.165, 1.54) is 0 Å². The summed E-state index contributed by atoms with van der Waals surface area (Å²) in [6, 6.07) is 1.95. The molecule has 0 saturated carbocycles. The van der Waals surface area contributed by atoms with Gasteiger partial charge < -0.3 is 15.7 Å². The van der Waals surface area contributed by atoms with Crippen LogP contribution in [-0.2, 0) is 5.41 Å². The minimum atomic E-state index is -0.0863. The maximum absolute atomic E-state index is 8.96. The van der Waals surface area contributed by atoms with Crippen molar-refractivity contribution in [1.82, 2.24) is 9.97 Å². The Hall–Kier alpha value is -1.36. The Morgan fingerprint density at radius 3 is 2.33 bits per heavy atom. The van der Waals surface area contributed by atoms with E-state index in [-0.39, 0.29) is 12.0 Å². The molecule has 1 unspecified atom stereocenters. The van der Waals surface area contributed by atoms with E-state index in [1.807, 2.05) is 6.07 Å². The van der Waals surface area contributed by atoms with Crippen LogP contribution < -0.4 is 10.6 Å². The molecule has 0 aliphatic carbocycles. The maximum atomic E-state index is 8.96. The van der Waals surface area contributed by atoms with E-state index in [0.29, 0.717) is 5.92 Å². The second kappa shape index (κ2) is 8.17. The van der Waals surface area contributed by atoms with Gasteiger partial charge in [-0.3, -0.25) is 0 Å². The summed E-state index contributed by atoms with van der Waals surface area (Å²) in [7, 11) is 0. The quantitative estimate of drug-likeness (QED) is 0.687. The van der Waals surface area contributed by atoms with Crippen molar-refractivity contribution in [3.63, 3.8) is 0 Å². The standard InChI is InChI=1S/C16H30N4O/c1-6-8-17-13-10-14(18-11-12(2)7-9-21)20-15(19-13)16(3,4)5/h10,12,21H,6-9,11H2,1-5H3,(H2,17,18,19,20). The van der Waals surface area contributed by atoms with Gasteiger partial charge in [-0.05, 0) is 18.8 Å². The molecule has 1 aromatic rings. The summed E-state index contributed by atoms with van der Waals surface area (Å²) < 4.78 is 0. The number of nitrogens with one attached hydrogen (secondary N) is 2. The highest BCUT2D eigenvalue weighted by Crippen LogP contribution is 2.22. The van der Waals surface area contributed by atoms with Gasteiger partial charge in [0.25, 0.3) is 0 Å². The van der Waals surface area contributed by atoms with Gasteiger partial charge in [0.1, 0.15) is 17.5 Å². The second-order valence-electron chi connectivity index (χ2n) is 6.64. The van der Waals surface area contributed by atoms with Gasteiger partial charge in [0.05, 0.1) is 0 Å². The maximum Gasteiger partial charge on any atom is 0.138 e. The van der Waals surface area contributed by atoms with Gasteiger partial charge in [-0.2, -0.15) is 0 Å². The number of hydrogen-bond donors (Lipinski definition) is 3. The molecule has 1 rings (SSSR count). The third kappa shape index (κ3) is 6.29. The summed E-state index contributed by atoms with van der Waals surface area (Å²) in [5.74, 6) is 2.96. The van der Waals surface area contributed by atoms with E-state index in [1.54, 1.807) is 0 Å². The highest BCUT2D eigenvalue weighted by Gasteiger charge is 2.19. The number of aliphatic hydroxyl groups is 1. The Balaban J connectivity index is 2.85. The molecule has 5 nitrogen and oxygen atoms in total. The van der Waals surface area contributed by atoms with E-state index >= 15 is 0 Å². The van der Waals surface area contributed by atoms with Crippen molar-refractivity contribution in [3.05, 3.63) is 11.9 Å². The van der Waals surface area contributed by atoms with Crippen molar-refractivity contribution in [2.24, 2.45) is 5.92 Å². The lowest BCUT2D eigenvalue weighted by Gasteiger charge is -2.20. The number of rotatable bonds is 8. The van der Waals surface area contributed by atoms with Crippen LogP contribution in [-0.4, -0.2) is 34.8 Å². The zero-order valence-corrected chi connectivity index (χ0v) is 14.0. The van der Waals surface area contributed by atoms with Gasteiger partial charge in [-0.15, -0.1) is 0 Å². The lowest BCUT2D eigenvalue weighted by atomic mass is 9.96. The molecule has 0 saturated heterocycles. The van der Waals surface area contributed by atoms with Crippen molar-refractivity contribution < 1.29 is 5.11 Å². The first-order valence-electron chi connectivity index (χ1n) is 7.85. The zero-order valence-electron chi connectivity index (χ0n) is 14.0. The number of nitrogens with zero attached hydrogens (tertiary/aromatic N) is 2. The summed E-state index contributed by atoms with van der Waals surface area (Å²) in [5.41, 5.74) is -0.0863. The smallest absolute Gasteiger partial charge is 0.138 e. The van der Waals surface area contributed by atoms with Crippen molar-refractivity contribution >= 4 is 11.6 Å². The Morgan fingerprint density at radius 1 is 1.19 bits per heavy atom. The number of hydrogen-bond acceptors (Lipinski definition) is 5. The van der Waals surface area contributed by atoms with Crippen LogP contribution in [0.3, 0.4) is 0 Å².